The van der Waals surface area contributed by atoms with E-state index in [-0.39, 0.29) is 17.8 Å². The highest BCUT2D eigenvalue weighted by molar-refractivity contribution is 5.91. The molecule has 2 atom stereocenters. The quantitative estimate of drug-likeness (QED) is 0.256. The minimum atomic E-state index is -0.360. The lowest BCUT2D eigenvalue weighted by Crippen LogP contribution is -2.09. The number of aryl methyl sites for hydroxylation is 1. The molecule has 2 heterocycles. The Hall–Kier alpha value is -3.98. The Labute approximate surface area is 191 Å². The van der Waals surface area contributed by atoms with Gasteiger partial charge in [0.1, 0.15) is 5.56 Å². The largest absolute Gasteiger partial charge is 0.462 e. The van der Waals surface area contributed by atoms with Crippen molar-refractivity contribution in [2.24, 2.45) is 12.9 Å². The average Bonchev–Trinajstić information content (AvgIpc) is 3.29. The number of nitrogens with zero attached hydrogens (tertiary/aromatic N) is 5. The third-order valence-electron chi connectivity index (χ3n) is 5.90. The predicted molar refractivity (Wildman–Crippen MR) is 124 cm³/mol. The highest BCUT2D eigenvalue weighted by Gasteiger charge is 2.46. The van der Waals surface area contributed by atoms with Crippen LogP contribution in [-0.4, -0.2) is 37.4 Å². The van der Waals surface area contributed by atoms with E-state index in [1.54, 1.807) is 17.8 Å². The molecular weight excluding hydrogens is 418 g/mol. The Bertz CT molecular complexity index is 1310. The summed E-state index contributed by atoms with van der Waals surface area (Å²) in [7, 11) is 1.85. The summed E-state index contributed by atoms with van der Waals surface area (Å²) in [6.07, 6.45) is 4.40. The Morgan fingerprint density at radius 2 is 1.97 bits per heavy atom. The normalized spacial score (nSPS) is 17.1. The van der Waals surface area contributed by atoms with E-state index in [1.807, 2.05) is 60.4 Å². The summed E-state index contributed by atoms with van der Waals surface area (Å²) in [5.41, 5.74) is 8.68. The molecule has 1 aliphatic carbocycles. The standard InChI is InChI=1S/C24H25N7O2/c1-3-33-24(32)21-13-26-31(23(21)20-12-19(20)22-14-30(2)29-28-22)18-9-5-7-16(11-18)15-6-4-8-17(10-15)27-25/h4-11,13-14,19-20,27H,3,12,25H2,1-2H3. The number of hydrazine groups is 1. The first-order chi connectivity index (χ1) is 16.1. The molecule has 0 saturated heterocycles. The number of nitrogen functional groups attached to an aromatic ring is 1. The topological polar surface area (TPSA) is 113 Å². The van der Waals surface area contributed by atoms with Crippen LogP contribution < -0.4 is 11.3 Å². The van der Waals surface area contributed by atoms with Gasteiger partial charge in [-0.3, -0.25) is 10.5 Å². The maximum Gasteiger partial charge on any atom is 0.341 e. The highest BCUT2D eigenvalue weighted by Crippen LogP contribution is 2.55. The summed E-state index contributed by atoms with van der Waals surface area (Å²) in [5.74, 6) is 5.52. The van der Waals surface area contributed by atoms with Crippen LogP contribution in [0.3, 0.4) is 0 Å². The van der Waals surface area contributed by atoms with Gasteiger partial charge in [0.2, 0.25) is 0 Å². The number of carbonyl (C=O) groups excluding carboxylic acids is 1. The van der Waals surface area contributed by atoms with Crippen molar-refractivity contribution in [3.8, 4) is 16.8 Å². The summed E-state index contributed by atoms with van der Waals surface area (Å²) >= 11 is 0. The van der Waals surface area contributed by atoms with Gasteiger partial charge in [0.05, 0.1) is 29.9 Å². The molecule has 1 fully saturated rings. The van der Waals surface area contributed by atoms with Crippen LogP contribution in [0.5, 0.6) is 0 Å². The van der Waals surface area contributed by atoms with E-state index in [4.69, 9.17) is 10.6 Å². The van der Waals surface area contributed by atoms with Gasteiger partial charge in [-0.25, -0.2) is 9.48 Å². The van der Waals surface area contributed by atoms with Crippen LogP contribution in [0.25, 0.3) is 16.8 Å². The molecule has 2 aromatic carbocycles. The third-order valence-corrected chi connectivity index (χ3v) is 5.90. The van der Waals surface area contributed by atoms with Crippen molar-refractivity contribution in [1.29, 1.82) is 0 Å². The zero-order chi connectivity index (χ0) is 22.9. The van der Waals surface area contributed by atoms with E-state index in [2.05, 4.69) is 26.9 Å². The van der Waals surface area contributed by atoms with Crippen LogP contribution >= 0.6 is 0 Å². The van der Waals surface area contributed by atoms with E-state index in [1.165, 1.54) is 0 Å². The van der Waals surface area contributed by atoms with Gasteiger partial charge in [-0.2, -0.15) is 5.10 Å². The van der Waals surface area contributed by atoms with Gasteiger partial charge in [0.15, 0.2) is 0 Å². The molecule has 0 aliphatic heterocycles. The van der Waals surface area contributed by atoms with Gasteiger partial charge in [0.25, 0.3) is 0 Å². The van der Waals surface area contributed by atoms with Crippen molar-refractivity contribution in [2.75, 3.05) is 12.0 Å². The lowest BCUT2D eigenvalue weighted by Gasteiger charge is -2.12. The fourth-order valence-corrected chi connectivity index (χ4v) is 4.25. The Morgan fingerprint density at radius 1 is 1.18 bits per heavy atom. The number of anilines is 1. The van der Waals surface area contributed by atoms with Crippen molar-refractivity contribution in [3.63, 3.8) is 0 Å². The van der Waals surface area contributed by atoms with E-state index in [9.17, 15) is 4.79 Å². The zero-order valence-corrected chi connectivity index (χ0v) is 18.5. The third kappa shape index (κ3) is 3.98. The van der Waals surface area contributed by atoms with Crippen LogP contribution in [0.15, 0.2) is 60.9 Å². The molecule has 2 aromatic heterocycles. The number of nitrogens with one attached hydrogen (secondary N) is 1. The van der Waals surface area contributed by atoms with Gasteiger partial charge >= 0.3 is 5.97 Å². The van der Waals surface area contributed by atoms with E-state index in [0.29, 0.717) is 12.2 Å². The molecule has 9 nitrogen and oxygen atoms in total. The van der Waals surface area contributed by atoms with Crippen molar-refractivity contribution in [3.05, 3.63) is 77.9 Å². The number of carbonyl (C=O) groups is 1. The molecule has 3 N–H and O–H groups in total. The van der Waals surface area contributed by atoms with E-state index in [0.717, 1.165) is 40.3 Å². The Kier molecular flexibility index (Phi) is 5.39. The second-order valence-electron chi connectivity index (χ2n) is 8.12. The monoisotopic (exact) mass is 443 g/mol. The number of aromatic nitrogens is 5. The number of ether oxygens (including phenoxy) is 1. The molecule has 33 heavy (non-hydrogen) atoms. The van der Waals surface area contributed by atoms with Crippen molar-refractivity contribution in [2.45, 2.75) is 25.2 Å². The average molecular weight is 444 g/mol. The second kappa shape index (κ2) is 8.51. The van der Waals surface area contributed by atoms with Crippen molar-refractivity contribution < 1.29 is 9.53 Å². The molecule has 9 heteroatoms. The number of hydrogen-bond donors (Lipinski definition) is 2. The van der Waals surface area contributed by atoms with E-state index >= 15 is 0 Å². The van der Waals surface area contributed by atoms with Crippen LogP contribution in [0.4, 0.5) is 5.69 Å². The summed E-state index contributed by atoms with van der Waals surface area (Å²) in [4.78, 5) is 12.7. The molecular formula is C24H25N7O2. The Balaban J connectivity index is 1.55. The maximum absolute atomic E-state index is 12.7. The smallest absolute Gasteiger partial charge is 0.341 e. The lowest BCUT2D eigenvalue weighted by molar-refractivity contribution is 0.0525. The number of rotatable bonds is 7. The molecule has 4 aromatic rings. The summed E-state index contributed by atoms with van der Waals surface area (Å²) in [6, 6.07) is 15.9. The van der Waals surface area contributed by atoms with Gasteiger partial charge in [-0.15, -0.1) is 5.10 Å². The Morgan fingerprint density at radius 3 is 2.70 bits per heavy atom. The maximum atomic E-state index is 12.7. The molecule has 0 bridgehead atoms. The SMILES string of the molecule is CCOC(=O)c1cnn(-c2cccc(-c3cccc(NN)c3)c2)c1C1CC1c1cn(C)nn1. The number of benzene rings is 2. The zero-order valence-electron chi connectivity index (χ0n) is 18.5. The van der Waals surface area contributed by atoms with Crippen LogP contribution in [0.1, 0.15) is 46.9 Å². The van der Waals surface area contributed by atoms with Crippen LogP contribution in [-0.2, 0) is 11.8 Å². The fraction of sp³-hybridized carbons (Fsp3) is 0.250. The molecule has 0 radical (unpaired) electrons. The first-order valence-electron chi connectivity index (χ1n) is 10.9. The molecule has 0 spiro atoms. The first-order valence-corrected chi connectivity index (χ1v) is 10.9. The number of hydrogen-bond acceptors (Lipinski definition) is 7. The minimum absolute atomic E-state index is 0.108. The molecule has 2 unspecified atom stereocenters. The molecule has 0 amide bonds. The van der Waals surface area contributed by atoms with Crippen LogP contribution in [0.2, 0.25) is 0 Å². The van der Waals surface area contributed by atoms with Crippen molar-refractivity contribution in [1.82, 2.24) is 24.8 Å². The van der Waals surface area contributed by atoms with Gasteiger partial charge in [0, 0.05) is 30.8 Å². The second-order valence-corrected chi connectivity index (χ2v) is 8.12. The van der Waals surface area contributed by atoms with Gasteiger partial charge in [-0.05, 0) is 48.7 Å². The first kappa shape index (κ1) is 20.9. The lowest BCUT2D eigenvalue weighted by atomic mass is 10.0. The van der Waals surface area contributed by atoms with Gasteiger partial charge in [-0.1, -0.05) is 29.5 Å². The van der Waals surface area contributed by atoms with E-state index < -0.39 is 0 Å². The molecule has 1 aliphatic rings. The fourth-order valence-electron chi connectivity index (χ4n) is 4.25. The minimum Gasteiger partial charge on any atom is -0.462 e. The molecule has 1 saturated carbocycles. The van der Waals surface area contributed by atoms with Crippen molar-refractivity contribution >= 4 is 11.7 Å². The van der Waals surface area contributed by atoms with Crippen LogP contribution in [0, 0.1) is 0 Å². The summed E-state index contributed by atoms with van der Waals surface area (Å²) in [6.45, 7) is 2.11. The highest BCUT2D eigenvalue weighted by atomic mass is 16.5. The predicted octanol–water partition coefficient (Wildman–Crippen LogP) is 3.40. The van der Waals surface area contributed by atoms with Gasteiger partial charge < -0.3 is 10.2 Å². The number of nitrogens with two attached hydrogens (primary N) is 1. The summed E-state index contributed by atoms with van der Waals surface area (Å²) < 4.78 is 8.86. The summed E-state index contributed by atoms with van der Waals surface area (Å²) in [5, 5.41) is 12.9. The molecule has 5 rings (SSSR count). The number of esters is 1. The molecule has 168 valence electrons.